The van der Waals surface area contributed by atoms with E-state index >= 15 is 0 Å². The van der Waals surface area contributed by atoms with Crippen molar-refractivity contribution in [1.29, 1.82) is 0 Å². The first-order valence-electron chi connectivity index (χ1n) is 10.9. The largest absolute Gasteiger partial charge is 0.375 e. The molecule has 31 heavy (non-hydrogen) atoms. The Balaban J connectivity index is 1.31. The van der Waals surface area contributed by atoms with Crippen LogP contribution in [0.1, 0.15) is 12.5 Å². The fourth-order valence-electron chi connectivity index (χ4n) is 4.11. The van der Waals surface area contributed by atoms with Crippen molar-refractivity contribution in [3.05, 3.63) is 54.0 Å². The molecule has 8 heteroatoms. The van der Waals surface area contributed by atoms with Gasteiger partial charge in [-0.3, -0.25) is 4.99 Å². The number of guanidine groups is 1. The molecule has 2 aliphatic rings. The quantitative estimate of drug-likeness (QED) is 0.598. The van der Waals surface area contributed by atoms with Gasteiger partial charge < -0.3 is 24.8 Å². The van der Waals surface area contributed by atoms with Crippen LogP contribution in [0.15, 0.2) is 47.6 Å². The molecule has 1 N–H and O–H groups in total. The van der Waals surface area contributed by atoms with E-state index in [9.17, 15) is 4.39 Å². The van der Waals surface area contributed by atoms with Crippen molar-refractivity contribution in [3.8, 4) is 0 Å². The number of piperazine rings is 1. The number of ether oxygens (including phenoxy) is 1. The SMILES string of the molecule is CN=C(NCc1ccnc(N2CCOC(C)C2)c1)N1CCN(c2ccc(F)cc2)CC1. The molecule has 0 aliphatic carbocycles. The van der Waals surface area contributed by atoms with Gasteiger partial charge in [0.05, 0.1) is 12.7 Å². The maximum Gasteiger partial charge on any atom is 0.194 e. The minimum absolute atomic E-state index is 0.200. The third-order valence-corrected chi connectivity index (χ3v) is 5.81. The zero-order valence-electron chi connectivity index (χ0n) is 18.3. The number of aromatic nitrogens is 1. The number of benzene rings is 1. The summed E-state index contributed by atoms with van der Waals surface area (Å²) >= 11 is 0. The number of hydrogen-bond acceptors (Lipinski definition) is 5. The summed E-state index contributed by atoms with van der Waals surface area (Å²) in [4.78, 5) is 15.9. The van der Waals surface area contributed by atoms with Crippen molar-refractivity contribution in [3.63, 3.8) is 0 Å². The van der Waals surface area contributed by atoms with Crippen LogP contribution in [0, 0.1) is 5.82 Å². The van der Waals surface area contributed by atoms with Crippen LogP contribution >= 0.6 is 0 Å². The Kier molecular flexibility index (Phi) is 6.86. The van der Waals surface area contributed by atoms with Crippen LogP contribution in [0.4, 0.5) is 15.9 Å². The first kappa shape index (κ1) is 21.4. The van der Waals surface area contributed by atoms with Crippen LogP contribution in [0.25, 0.3) is 0 Å². The standard InChI is InChI=1S/C23H31FN6O/c1-18-17-30(13-14-31-18)22-15-19(7-8-26-22)16-27-23(25-2)29-11-9-28(10-12-29)21-5-3-20(24)4-6-21/h3-8,15,18H,9-14,16-17H2,1-2H3,(H,25,27). The molecule has 1 unspecified atom stereocenters. The lowest BCUT2D eigenvalue weighted by Crippen LogP contribution is -2.52. The van der Waals surface area contributed by atoms with Crippen LogP contribution in [0.2, 0.25) is 0 Å². The second-order valence-corrected chi connectivity index (χ2v) is 8.00. The van der Waals surface area contributed by atoms with E-state index in [0.717, 1.165) is 63.3 Å². The molecule has 7 nitrogen and oxygen atoms in total. The minimum Gasteiger partial charge on any atom is -0.375 e. The summed E-state index contributed by atoms with van der Waals surface area (Å²) in [5.74, 6) is 1.70. The van der Waals surface area contributed by atoms with Gasteiger partial charge in [-0.1, -0.05) is 0 Å². The first-order chi connectivity index (χ1) is 15.1. The summed E-state index contributed by atoms with van der Waals surface area (Å²) in [5, 5.41) is 3.49. The van der Waals surface area contributed by atoms with Crippen LogP contribution in [0.5, 0.6) is 0 Å². The third kappa shape index (κ3) is 5.44. The van der Waals surface area contributed by atoms with Gasteiger partial charge in [-0.2, -0.15) is 0 Å². The molecule has 2 aromatic rings. The van der Waals surface area contributed by atoms with E-state index in [1.54, 1.807) is 0 Å². The van der Waals surface area contributed by atoms with E-state index in [1.165, 1.54) is 17.7 Å². The topological polar surface area (TPSA) is 56.2 Å². The lowest BCUT2D eigenvalue weighted by atomic mass is 10.2. The normalized spacial score (nSPS) is 20.2. The molecule has 1 aromatic heterocycles. The van der Waals surface area contributed by atoms with Gasteiger partial charge >= 0.3 is 0 Å². The number of nitrogens with one attached hydrogen (secondary N) is 1. The molecule has 0 bridgehead atoms. The van der Waals surface area contributed by atoms with Crippen molar-refractivity contribution in [2.75, 3.05) is 62.7 Å². The van der Waals surface area contributed by atoms with E-state index in [2.05, 4.69) is 43.0 Å². The van der Waals surface area contributed by atoms with E-state index < -0.39 is 0 Å². The summed E-state index contributed by atoms with van der Waals surface area (Å²) in [7, 11) is 1.82. The molecule has 0 saturated carbocycles. The average Bonchev–Trinajstić information content (AvgIpc) is 2.81. The lowest BCUT2D eigenvalue weighted by molar-refractivity contribution is 0.0529. The molecule has 0 amide bonds. The number of hydrogen-bond donors (Lipinski definition) is 1. The van der Waals surface area contributed by atoms with Gasteiger partial charge in [-0.05, 0) is 48.9 Å². The van der Waals surface area contributed by atoms with E-state index in [4.69, 9.17) is 4.74 Å². The number of morpholine rings is 1. The van der Waals surface area contributed by atoms with E-state index in [1.807, 2.05) is 31.4 Å². The molecule has 0 radical (unpaired) electrons. The highest BCUT2D eigenvalue weighted by Crippen LogP contribution is 2.18. The second-order valence-electron chi connectivity index (χ2n) is 8.00. The predicted molar refractivity (Wildman–Crippen MR) is 122 cm³/mol. The Morgan fingerprint density at radius 1 is 1.13 bits per heavy atom. The molecule has 0 spiro atoms. The summed E-state index contributed by atoms with van der Waals surface area (Å²) in [6, 6.07) is 10.9. The molecular formula is C23H31FN6O. The summed E-state index contributed by atoms with van der Waals surface area (Å²) in [6.07, 6.45) is 2.10. The molecule has 3 heterocycles. The average molecular weight is 427 g/mol. The minimum atomic E-state index is -0.200. The summed E-state index contributed by atoms with van der Waals surface area (Å²) in [5.41, 5.74) is 2.24. The number of anilines is 2. The van der Waals surface area contributed by atoms with Gasteiger partial charge in [0.15, 0.2) is 5.96 Å². The number of pyridine rings is 1. The monoisotopic (exact) mass is 426 g/mol. The van der Waals surface area contributed by atoms with Crippen LogP contribution < -0.4 is 15.1 Å². The van der Waals surface area contributed by atoms with Crippen molar-refractivity contribution >= 4 is 17.5 Å². The van der Waals surface area contributed by atoms with Gasteiger partial charge in [0.2, 0.25) is 0 Å². The summed E-state index contributed by atoms with van der Waals surface area (Å²) in [6.45, 7) is 8.74. The van der Waals surface area contributed by atoms with Crippen LogP contribution in [0.3, 0.4) is 0 Å². The predicted octanol–water partition coefficient (Wildman–Crippen LogP) is 2.34. The molecule has 1 aromatic carbocycles. The molecule has 166 valence electrons. The number of aliphatic imine (C=N–C) groups is 1. The zero-order chi connectivity index (χ0) is 21.6. The van der Waals surface area contributed by atoms with Crippen molar-refractivity contribution in [2.24, 2.45) is 4.99 Å². The Hall–Kier alpha value is -2.87. The summed E-state index contributed by atoms with van der Waals surface area (Å²) < 4.78 is 18.8. The highest BCUT2D eigenvalue weighted by atomic mass is 19.1. The molecule has 4 rings (SSSR count). The highest BCUT2D eigenvalue weighted by Gasteiger charge is 2.21. The number of rotatable bonds is 4. The van der Waals surface area contributed by atoms with Gasteiger partial charge in [0.25, 0.3) is 0 Å². The Morgan fingerprint density at radius 3 is 2.61 bits per heavy atom. The third-order valence-electron chi connectivity index (χ3n) is 5.81. The first-order valence-corrected chi connectivity index (χ1v) is 10.9. The highest BCUT2D eigenvalue weighted by molar-refractivity contribution is 5.80. The second kappa shape index (κ2) is 9.96. The fourth-order valence-corrected chi connectivity index (χ4v) is 4.11. The van der Waals surface area contributed by atoms with E-state index in [0.29, 0.717) is 6.54 Å². The Morgan fingerprint density at radius 2 is 1.90 bits per heavy atom. The lowest BCUT2D eigenvalue weighted by Gasteiger charge is -2.37. The fraction of sp³-hybridized carbons (Fsp3) is 0.478. The Bertz CT molecular complexity index is 882. The van der Waals surface area contributed by atoms with Crippen molar-refractivity contribution in [1.82, 2.24) is 15.2 Å². The molecule has 2 aliphatic heterocycles. The Labute approximate surface area is 183 Å². The number of nitrogens with zero attached hydrogens (tertiary/aromatic N) is 5. The van der Waals surface area contributed by atoms with Crippen LogP contribution in [-0.2, 0) is 11.3 Å². The molecule has 1 atom stereocenters. The van der Waals surface area contributed by atoms with E-state index in [-0.39, 0.29) is 11.9 Å². The van der Waals surface area contributed by atoms with Gasteiger partial charge in [-0.15, -0.1) is 0 Å². The molecular weight excluding hydrogens is 395 g/mol. The smallest absolute Gasteiger partial charge is 0.194 e. The number of halogens is 1. The van der Waals surface area contributed by atoms with Gasteiger partial charge in [0.1, 0.15) is 11.6 Å². The van der Waals surface area contributed by atoms with Crippen molar-refractivity contribution < 1.29 is 9.13 Å². The van der Waals surface area contributed by atoms with Crippen LogP contribution in [-0.4, -0.2) is 74.9 Å². The molecule has 2 saturated heterocycles. The molecule has 2 fully saturated rings. The maximum atomic E-state index is 13.2. The maximum absolute atomic E-state index is 13.2. The zero-order valence-corrected chi connectivity index (χ0v) is 18.3. The van der Waals surface area contributed by atoms with Crippen molar-refractivity contribution in [2.45, 2.75) is 19.6 Å². The van der Waals surface area contributed by atoms with Gasteiger partial charge in [-0.25, -0.2) is 9.37 Å². The van der Waals surface area contributed by atoms with Gasteiger partial charge in [0, 0.05) is 64.7 Å².